The summed E-state index contributed by atoms with van der Waals surface area (Å²) in [7, 11) is 0. The molecule has 3 saturated heterocycles. The highest BCUT2D eigenvalue weighted by Gasteiger charge is 2.49. The standard InChI is InChI=1S/C27H39N3O2/c31-25(28-22-12-4-5-13-22)16-6-15-24-23-14-8-18-29-17-7-11-21(26(23)29)19-30(24)27(32)20-9-2-1-3-10-20/h1-3,9-10,21-24,26H,4-8,11-19H2,(H,28,31)/t21-,23+,24+,26-/m0/s1. The maximum absolute atomic E-state index is 13.6. The van der Waals surface area contributed by atoms with Gasteiger partial charge in [-0.25, -0.2) is 0 Å². The molecule has 5 nitrogen and oxygen atoms in total. The lowest BCUT2D eigenvalue weighted by Crippen LogP contribution is -2.65. The molecular weight excluding hydrogens is 398 g/mol. The summed E-state index contributed by atoms with van der Waals surface area (Å²) in [6, 6.07) is 11.1. The lowest BCUT2D eigenvalue weighted by molar-refractivity contribution is -0.122. The largest absolute Gasteiger partial charge is 0.353 e. The minimum Gasteiger partial charge on any atom is -0.353 e. The zero-order chi connectivity index (χ0) is 21.9. The summed E-state index contributed by atoms with van der Waals surface area (Å²) in [5.41, 5.74) is 0.804. The van der Waals surface area contributed by atoms with E-state index in [0.29, 0.717) is 30.3 Å². The zero-order valence-electron chi connectivity index (χ0n) is 19.4. The second kappa shape index (κ2) is 9.94. The van der Waals surface area contributed by atoms with Crippen molar-refractivity contribution < 1.29 is 9.59 Å². The van der Waals surface area contributed by atoms with Crippen LogP contribution in [0.3, 0.4) is 0 Å². The van der Waals surface area contributed by atoms with Gasteiger partial charge in [-0.15, -0.1) is 0 Å². The van der Waals surface area contributed by atoms with Crippen LogP contribution in [0.4, 0.5) is 0 Å². The number of likely N-dealkylation sites (tertiary alicyclic amines) is 1. The first-order valence-corrected chi connectivity index (χ1v) is 13.1. The Kier molecular flexibility index (Phi) is 6.82. The van der Waals surface area contributed by atoms with E-state index in [9.17, 15) is 9.59 Å². The van der Waals surface area contributed by atoms with Gasteiger partial charge in [0.15, 0.2) is 0 Å². The molecule has 5 heteroatoms. The molecule has 4 fully saturated rings. The summed E-state index contributed by atoms with van der Waals surface area (Å²) in [6.07, 6.45) is 12.1. The van der Waals surface area contributed by atoms with Crippen molar-refractivity contribution in [1.82, 2.24) is 15.1 Å². The lowest BCUT2D eigenvalue weighted by atomic mass is 9.69. The first-order valence-electron chi connectivity index (χ1n) is 13.1. The van der Waals surface area contributed by atoms with Gasteiger partial charge in [-0.05, 0) is 88.4 Å². The number of carbonyl (C=O) groups is 2. The van der Waals surface area contributed by atoms with E-state index in [4.69, 9.17) is 0 Å². The molecule has 0 radical (unpaired) electrons. The molecule has 32 heavy (non-hydrogen) atoms. The molecule has 0 spiro atoms. The molecule has 4 aliphatic rings. The number of piperidine rings is 3. The summed E-state index contributed by atoms with van der Waals surface area (Å²) in [4.78, 5) is 31.1. The van der Waals surface area contributed by atoms with Gasteiger partial charge >= 0.3 is 0 Å². The molecule has 0 unspecified atom stereocenters. The number of carbonyl (C=O) groups excluding carboxylic acids is 2. The Bertz CT molecular complexity index is 789. The molecule has 0 bridgehead atoms. The van der Waals surface area contributed by atoms with E-state index in [1.165, 1.54) is 51.6 Å². The number of amides is 2. The minimum atomic E-state index is 0.187. The van der Waals surface area contributed by atoms with Crippen molar-refractivity contribution in [2.45, 2.75) is 88.8 Å². The van der Waals surface area contributed by atoms with Gasteiger partial charge in [0.05, 0.1) is 0 Å². The van der Waals surface area contributed by atoms with Gasteiger partial charge in [-0.2, -0.15) is 0 Å². The fourth-order valence-corrected chi connectivity index (χ4v) is 7.19. The van der Waals surface area contributed by atoms with Crippen LogP contribution in [0.25, 0.3) is 0 Å². The van der Waals surface area contributed by atoms with Crippen LogP contribution < -0.4 is 5.32 Å². The number of rotatable bonds is 6. The van der Waals surface area contributed by atoms with Gasteiger partial charge < -0.3 is 10.2 Å². The van der Waals surface area contributed by atoms with Crippen LogP contribution >= 0.6 is 0 Å². The second-order valence-corrected chi connectivity index (χ2v) is 10.6. The van der Waals surface area contributed by atoms with Crippen LogP contribution in [0.15, 0.2) is 30.3 Å². The zero-order valence-corrected chi connectivity index (χ0v) is 19.4. The van der Waals surface area contributed by atoms with E-state index < -0.39 is 0 Å². The van der Waals surface area contributed by atoms with Crippen molar-refractivity contribution in [3.8, 4) is 0 Å². The predicted molar refractivity (Wildman–Crippen MR) is 126 cm³/mol. The summed E-state index contributed by atoms with van der Waals surface area (Å²) in [6.45, 7) is 3.33. The summed E-state index contributed by atoms with van der Waals surface area (Å²) in [5, 5.41) is 3.24. The summed E-state index contributed by atoms with van der Waals surface area (Å²) >= 11 is 0. The summed E-state index contributed by atoms with van der Waals surface area (Å²) in [5.74, 6) is 1.54. The maximum atomic E-state index is 13.6. The minimum absolute atomic E-state index is 0.187. The van der Waals surface area contributed by atoms with Crippen molar-refractivity contribution in [3.63, 3.8) is 0 Å². The van der Waals surface area contributed by atoms with Crippen molar-refractivity contribution in [3.05, 3.63) is 35.9 Å². The van der Waals surface area contributed by atoms with E-state index in [-0.39, 0.29) is 17.9 Å². The van der Waals surface area contributed by atoms with Gasteiger partial charge in [0.2, 0.25) is 5.91 Å². The van der Waals surface area contributed by atoms with Crippen molar-refractivity contribution in [2.24, 2.45) is 11.8 Å². The predicted octanol–water partition coefficient (Wildman–Crippen LogP) is 4.23. The van der Waals surface area contributed by atoms with Crippen LogP contribution in [-0.2, 0) is 4.79 Å². The van der Waals surface area contributed by atoms with Crippen molar-refractivity contribution >= 4 is 11.8 Å². The third-order valence-corrected chi connectivity index (χ3v) is 8.58. The molecule has 174 valence electrons. The molecule has 5 rings (SSSR count). The monoisotopic (exact) mass is 437 g/mol. The summed E-state index contributed by atoms with van der Waals surface area (Å²) < 4.78 is 0. The van der Waals surface area contributed by atoms with Gasteiger partial charge in [0.25, 0.3) is 5.91 Å². The lowest BCUT2D eigenvalue weighted by Gasteiger charge is -2.57. The molecule has 1 saturated carbocycles. The SMILES string of the molecule is O=C(CCC[C@@H]1[C@H]2CCCN3CCC[C@@H](CN1C(=O)c1ccccc1)[C@@H]23)NC1CCCC1. The van der Waals surface area contributed by atoms with Crippen LogP contribution in [0.2, 0.25) is 0 Å². The van der Waals surface area contributed by atoms with Gasteiger partial charge in [-0.3, -0.25) is 14.5 Å². The molecule has 3 heterocycles. The molecule has 0 aromatic heterocycles. The van der Waals surface area contributed by atoms with Crippen LogP contribution in [0.5, 0.6) is 0 Å². The molecule has 4 atom stereocenters. The molecular formula is C27H39N3O2. The first-order chi connectivity index (χ1) is 15.7. The van der Waals surface area contributed by atoms with Crippen LogP contribution in [0.1, 0.15) is 81.0 Å². The Balaban J connectivity index is 1.30. The van der Waals surface area contributed by atoms with Gasteiger partial charge in [0, 0.05) is 36.7 Å². The quantitative estimate of drug-likeness (QED) is 0.725. The molecule has 1 aliphatic carbocycles. The second-order valence-electron chi connectivity index (χ2n) is 10.6. The number of hydrogen-bond donors (Lipinski definition) is 1. The molecule has 1 aromatic carbocycles. The first kappa shape index (κ1) is 21.9. The fourth-order valence-electron chi connectivity index (χ4n) is 7.19. The normalized spacial score (nSPS) is 30.7. The Morgan fingerprint density at radius 3 is 2.47 bits per heavy atom. The molecule has 1 N–H and O–H groups in total. The smallest absolute Gasteiger partial charge is 0.254 e. The van der Waals surface area contributed by atoms with E-state index in [1.54, 1.807) is 0 Å². The average Bonchev–Trinajstić information content (AvgIpc) is 3.33. The van der Waals surface area contributed by atoms with E-state index in [1.807, 2.05) is 30.3 Å². The Morgan fingerprint density at radius 2 is 1.69 bits per heavy atom. The van der Waals surface area contributed by atoms with Crippen molar-refractivity contribution in [2.75, 3.05) is 19.6 Å². The Morgan fingerprint density at radius 1 is 0.938 bits per heavy atom. The van der Waals surface area contributed by atoms with E-state index in [0.717, 1.165) is 37.8 Å². The topological polar surface area (TPSA) is 52.7 Å². The van der Waals surface area contributed by atoms with Crippen molar-refractivity contribution in [1.29, 1.82) is 0 Å². The highest BCUT2D eigenvalue weighted by atomic mass is 16.2. The third-order valence-electron chi connectivity index (χ3n) is 8.58. The Hall–Kier alpha value is -1.88. The fraction of sp³-hybridized carbons (Fsp3) is 0.704. The van der Waals surface area contributed by atoms with Crippen LogP contribution in [0, 0.1) is 11.8 Å². The van der Waals surface area contributed by atoms with Gasteiger partial charge in [0.1, 0.15) is 0 Å². The van der Waals surface area contributed by atoms with E-state index >= 15 is 0 Å². The number of hydrogen-bond acceptors (Lipinski definition) is 3. The molecule has 3 aliphatic heterocycles. The third kappa shape index (κ3) is 4.59. The average molecular weight is 438 g/mol. The highest BCUT2D eigenvalue weighted by molar-refractivity contribution is 5.94. The maximum Gasteiger partial charge on any atom is 0.254 e. The molecule has 1 aromatic rings. The Labute approximate surface area is 192 Å². The number of benzene rings is 1. The molecule has 2 amide bonds. The van der Waals surface area contributed by atoms with E-state index in [2.05, 4.69) is 15.1 Å². The number of nitrogens with zero attached hydrogens (tertiary/aromatic N) is 2. The van der Waals surface area contributed by atoms with Gasteiger partial charge in [-0.1, -0.05) is 31.0 Å². The number of nitrogens with one attached hydrogen (secondary N) is 1. The highest BCUT2D eigenvalue weighted by Crippen LogP contribution is 2.43. The van der Waals surface area contributed by atoms with Crippen LogP contribution in [-0.4, -0.2) is 59.4 Å².